The second kappa shape index (κ2) is 24.8. The van der Waals surface area contributed by atoms with E-state index in [4.69, 9.17) is 9.47 Å². The second-order valence-corrected chi connectivity index (χ2v) is 17.0. The van der Waals surface area contributed by atoms with Gasteiger partial charge in [-0.1, -0.05) is 163 Å². The third-order valence-corrected chi connectivity index (χ3v) is 12.1. The van der Waals surface area contributed by atoms with Crippen LogP contribution in [0.5, 0.6) is 0 Å². The van der Waals surface area contributed by atoms with Crippen molar-refractivity contribution in [3.05, 3.63) is 121 Å². The summed E-state index contributed by atoms with van der Waals surface area (Å²) in [5, 5.41) is 10.4. The Morgan fingerprint density at radius 2 is 0.968 bits per heavy atom. The van der Waals surface area contributed by atoms with Gasteiger partial charge in [-0.3, -0.25) is 14.6 Å². The van der Waals surface area contributed by atoms with Gasteiger partial charge < -0.3 is 25.0 Å². The summed E-state index contributed by atoms with van der Waals surface area (Å²) in [4.78, 5) is 62.7. The van der Waals surface area contributed by atoms with Gasteiger partial charge in [-0.15, -0.1) is 0 Å². The number of anilines is 1. The number of aromatic nitrogens is 1. The summed E-state index contributed by atoms with van der Waals surface area (Å²) >= 11 is 0. The summed E-state index contributed by atoms with van der Waals surface area (Å²) in [5.74, 6) is -1.72. The van der Waals surface area contributed by atoms with Crippen LogP contribution in [0.2, 0.25) is 0 Å². The lowest BCUT2D eigenvalue weighted by molar-refractivity contribution is -0.148. The molecule has 5 aromatic rings. The van der Waals surface area contributed by atoms with Crippen molar-refractivity contribution in [2.75, 3.05) is 18.1 Å². The summed E-state index contributed by atoms with van der Waals surface area (Å²) in [6.45, 7) is 4.93. The van der Waals surface area contributed by atoms with Gasteiger partial charge in [0.1, 0.15) is 24.2 Å². The van der Waals surface area contributed by atoms with Crippen LogP contribution in [0.25, 0.3) is 21.5 Å². The van der Waals surface area contributed by atoms with Crippen molar-refractivity contribution in [1.82, 2.24) is 15.6 Å². The molecule has 4 atom stereocenters. The number of rotatable bonds is 25. The van der Waals surface area contributed by atoms with Crippen molar-refractivity contribution in [2.24, 2.45) is 0 Å². The number of esters is 2. The minimum absolute atomic E-state index is 0.245. The molecule has 0 spiro atoms. The normalized spacial score (nSPS) is 15.8. The van der Waals surface area contributed by atoms with Crippen LogP contribution in [0.15, 0.2) is 109 Å². The summed E-state index contributed by atoms with van der Waals surface area (Å²) in [6, 6.07) is 28.2. The fraction of sp³-hybridized carbons (Fsp3) is 0.453. The zero-order valence-electron chi connectivity index (χ0n) is 37.3. The van der Waals surface area contributed by atoms with Gasteiger partial charge in [0, 0.05) is 30.9 Å². The molecule has 0 saturated carbocycles. The van der Waals surface area contributed by atoms with E-state index in [0.717, 1.165) is 96.9 Å². The lowest BCUT2D eigenvalue weighted by Gasteiger charge is -2.32. The Labute approximate surface area is 373 Å². The molecule has 1 saturated heterocycles. The van der Waals surface area contributed by atoms with Gasteiger partial charge >= 0.3 is 11.9 Å². The highest BCUT2D eigenvalue weighted by atomic mass is 16.5. The smallest absolute Gasteiger partial charge is 0.328 e. The number of hydrogen-bond donors (Lipinski definition) is 2. The van der Waals surface area contributed by atoms with Gasteiger partial charge in [0.25, 0.3) is 0 Å². The maximum absolute atomic E-state index is 14.5. The molecule has 0 aliphatic carbocycles. The lowest BCUT2D eigenvalue weighted by Crippen LogP contribution is -2.56. The predicted molar refractivity (Wildman–Crippen MR) is 251 cm³/mol. The Morgan fingerprint density at radius 3 is 1.41 bits per heavy atom. The molecule has 0 radical (unpaired) electrons. The van der Waals surface area contributed by atoms with Crippen LogP contribution in [-0.4, -0.2) is 66.1 Å². The third-order valence-electron chi connectivity index (χ3n) is 12.1. The van der Waals surface area contributed by atoms with Crippen LogP contribution in [0.1, 0.15) is 115 Å². The Hall–Kier alpha value is -5.77. The molecule has 6 rings (SSSR count). The molecule has 1 aromatic heterocycles. The highest BCUT2D eigenvalue weighted by Gasteiger charge is 2.43. The molecule has 1 aliphatic heterocycles. The van der Waals surface area contributed by atoms with Gasteiger partial charge in [-0.05, 0) is 70.5 Å². The van der Waals surface area contributed by atoms with Crippen LogP contribution in [0.3, 0.4) is 0 Å². The maximum atomic E-state index is 14.5. The number of nitrogens with one attached hydrogen (secondary N) is 2. The first-order chi connectivity index (χ1) is 30.8. The molecule has 63 heavy (non-hydrogen) atoms. The Bertz CT molecular complexity index is 2090. The molecule has 0 unspecified atom stereocenters. The van der Waals surface area contributed by atoms with Crippen molar-refractivity contribution >= 4 is 51.0 Å². The third kappa shape index (κ3) is 13.9. The quantitative estimate of drug-likeness (QED) is 0.0439. The molecule has 0 bridgehead atoms. The van der Waals surface area contributed by atoms with Gasteiger partial charge in [0.2, 0.25) is 11.8 Å². The number of ether oxygens (including phenoxy) is 2. The van der Waals surface area contributed by atoms with E-state index in [9.17, 15) is 19.2 Å². The van der Waals surface area contributed by atoms with Crippen molar-refractivity contribution in [3.8, 4) is 0 Å². The van der Waals surface area contributed by atoms with E-state index in [2.05, 4.69) is 29.5 Å². The first-order valence-electron chi connectivity index (χ1n) is 23.4. The SMILES string of the molecule is CCCCCCCCOC(=O)[C@H](Cc1ccc2ccccc2c1)NC(=O)[C@@H]1CC[C@@H](C(=O)N[C@@H](Cc2ccc3ccccc3c2)C(=O)OCCCCCCCC)N1c1ccncc1. The maximum Gasteiger partial charge on any atom is 0.328 e. The number of unbranched alkanes of at least 4 members (excludes halogenated alkanes) is 10. The molecule has 1 fully saturated rings. The fourth-order valence-electron chi connectivity index (χ4n) is 8.64. The van der Waals surface area contributed by atoms with E-state index in [-0.39, 0.29) is 37.9 Å². The van der Waals surface area contributed by atoms with Crippen molar-refractivity contribution in [1.29, 1.82) is 0 Å². The first-order valence-corrected chi connectivity index (χ1v) is 23.4. The molecule has 2 amide bonds. The predicted octanol–water partition coefficient (Wildman–Crippen LogP) is 9.99. The lowest BCUT2D eigenvalue weighted by atomic mass is 10.0. The highest BCUT2D eigenvalue weighted by molar-refractivity contribution is 5.96. The fourth-order valence-corrected chi connectivity index (χ4v) is 8.64. The minimum atomic E-state index is -0.946. The number of fused-ring (bicyclic) bond motifs is 2. The van der Waals surface area contributed by atoms with E-state index in [0.29, 0.717) is 18.5 Å². The molecule has 334 valence electrons. The largest absolute Gasteiger partial charge is 0.464 e. The first kappa shape index (κ1) is 46.7. The van der Waals surface area contributed by atoms with Gasteiger partial charge in [-0.25, -0.2) is 9.59 Å². The number of benzene rings is 4. The second-order valence-electron chi connectivity index (χ2n) is 17.0. The molecule has 10 nitrogen and oxygen atoms in total. The number of carbonyl (C=O) groups is 4. The van der Waals surface area contributed by atoms with Crippen molar-refractivity contribution in [2.45, 2.75) is 141 Å². The summed E-state index contributed by atoms with van der Waals surface area (Å²) < 4.78 is 11.6. The molecule has 4 aromatic carbocycles. The Balaban J connectivity index is 1.19. The van der Waals surface area contributed by atoms with Crippen LogP contribution >= 0.6 is 0 Å². The number of pyridine rings is 1. The molecule has 1 aliphatic rings. The monoisotopic (exact) mass is 854 g/mol. The number of amides is 2. The molecule has 2 heterocycles. The standard InChI is InChI=1S/C53H66N4O6/c1-3-5-7-9-11-17-33-62-52(60)46(37-39-23-25-41-19-13-15-21-43(41)35-39)55-50(58)48-27-28-49(57(48)45-29-31-54-32-30-45)51(59)56-47(53(61)63-34-18-12-10-8-6-4-2)38-40-24-26-42-20-14-16-22-44(42)36-40/h13-16,19-26,29-32,35-36,46-49H,3-12,17-18,27-28,33-34,37-38H2,1-2H3,(H,55,58)(H,56,59)/t46-,47-,48-,49-/m0/s1. The molecular formula is C53H66N4O6. The average Bonchev–Trinajstić information content (AvgIpc) is 3.76. The zero-order chi connectivity index (χ0) is 44.2. The van der Waals surface area contributed by atoms with E-state index in [1.807, 2.05) is 84.9 Å². The summed E-state index contributed by atoms with van der Waals surface area (Å²) in [7, 11) is 0. The van der Waals surface area contributed by atoms with Crippen LogP contribution in [0, 0.1) is 0 Å². The number of carbonyl (C=O) groups excluding carboxylic acids is 4. The molecule has 10 heteroatoms. The van der Waals surface area contributed by atoms with Crippen molar-refractivity contribution in [3.63, 3.8) is 0 Å². The van der Waals surface area contributed by atoms with E-state index in [1.54, 1.807) is 29.4 Å². The topological polar surface area (TPSA) is 127 Å². The highest BCUT2D eigenvalue weighted by Crippen LogP contribution is 2.31. The number of nitrogens with zero attached hydrogens (tertiary/aromatic N) is 2. The Morgan fingerprint density at radius 1 is 0.556 bits per heavy atom. The molecule has 2 N–H and O–H groups in total. The zero-order valence-corrected chi connectivity index (χ0v) is 37.3. The number of hydrogen-bond acceptors (Lipinski definition) is 8. The molecular weight excluding hydrogens is 789 g/mol. The van der Waals surface area contributed by atoms with E-state index >= 15 is 0 Å². The van der Waals surface area contributed by atoms with Gasteiger partial charge in [0.05, 0.1) is 13.2 Å². The van der Waals surface area contributed by atoms with Crippen LogP contribution in [-0.2, 0) is 41.5 Å². The van der Waals surface area contributed by atoms with E-state index in [1.165, 1.54) is 12.8 Å². The van der Waals surface area contributed by atoms with Gasteiger partial charge in [-0.2, -0.15) is 0 Å². The van der Waals surface area contributed by atoms with E-state index < -0.39 is 36.1 Å². The average molecular weight is 855 g/mol. The van der Waals surface area contributed by atoms with Gasteiger partial charge in [0.15, 0.2) is 0 Å². The minimum Gasteiger partial charge on any atom is -0.464 e. The van der Waals surface area contributed by atoms with Crippen molar-refractivity contribution < 1.29 is 28.7 Å². The summed E-state index contributed by atoms with van der Waals surface area (Å²) in [5.41, 5.74) is 2.42. The Kier molecular flexibility index (Phi) is 18.4. The van der Waals surface area contributed by atoms with Crippen LogP contribution in [0.4, 0.5) is 5.69 Å². The summed E-state index contributed by atoms with van der Waals surface area (Å²) in [6.07, 6.45) is 17.1. The van der Waals surface area contributed by atoms with Crippen LogP contribution < -0.4 is 15.5 Å².